The summed E-state index contributed by atoms with van der Waals surface area (Å²) in [6.45, 7) is 4.44. The molecule has 0 N–H and O–H groups in total. The molecule has 4 heteroatoms. The molecule has 0 saturated heterocycles. The van der Waals surface area contributed by atoms with Crippen LogP contribution in [-0.2, 0) is 0 Å². The zero-order valence-electron chi connectivity index (χ0n) is 8.66. The lowest BCUT2D eigenvalue weighted by molar-refractivity contribution is 0.750. The van der Waals surface area contributed by atoms with Gasteiger partial charge in [0.1, 0.15) is 0 Å². The largest absolute Gasteiger partial charge is 0.230 e. The summed E-state index contributed by atoms with van der Waals surface area (Å²) in [4.78, 5) is 4.54. The van der Waals surface area contributed by atoms with Gasteiger partial charge in [0, 0.05) is 10.8 Å². The molecule has 0 aliphatic carbocycles. The molecule has 0 fully saturated rings. The quantitative estimate of drug-likeness (QED) is 0.740. The summed E-state index contributed by atoms with van der Waals surface area (Å²) in [5.41, 5.74) is 1.01. The minimum atomic E-state index is 0.700. The first-order valence-electron chi connectivity index (χ1n) is 4.84. The van der Waals surface area contributed by atoms with Gasteiger partial charge in [-0.2, -0.15) is 0 Å². The van der Waals surface area contributed by atoms with E-state index in [1.165, 1.54) is 4.70 Å². The van der Waals surface area contributed by atoms with Crippen LogP contribution in [0.1, 0.15) is 13.8 Å². The highest BCUT2D eigenvalue weighted by Gasteiger charge is 2.05. The summed E-state index contributed by atoms with van der Waals surface area (Å²) in [6.07, 6.45) is 0. The predicted molar refractivity (Wildman–Crippen MR) is 70.2 cm³/mol. The first-order chi connectivity index (χ1) is 7.15. The smallest absolute Gasteiger partial charge is 0.151 e. The number of nitrogens with zero attached hydrogens (tertiary/aromatic N) is 1. The number of hydrogen-bond donors (Lipinski definition) is 0. The second kappa shape index (κ2) is 4.73. The Bertz CT molecular complexity index is 465. The van der Waals surface area contributed by atoms with E-state index in [1.54, 1.807) is 11.3 Å². The molecule has 0 aliphatic rings. The topological polar surface area (TPSA) is 12.9 Å². The predicted octanol–water partition coefficient (Wildman–Crippen LogP) is 4.70. The van der Waals surface area contributed by atoms with E-state index < -0.39 is 0 Å². The van der Waals surface area contributed by atoms with E-state index in [2.05, 4.69) is 18.8 Å². The minimum absolute atomic E-state index is 0.700. The Labute approximate surface area is 103 Å². The maximum atomic E-state index is 5.91. The average molecular weight is 258 g/mol. The molecule has 1 nitrogen and oxygen atoms in total. The van der Waals surface area contributed by atoms with E-state index in [9.17, 15) is 0 Å². The third kappa shape index (κ3) is 2.86. The van der Waals surface area contributed by atoms with Gasteiger partial charge in [-0.3, -0.25) is 0 Å². The Morgan fingerprint density at radius 1 is 1.47 bits per heavy atom. The Kier molecular flexibility index (Phi) is 3.54. The Morgan fingerprint density at radius 3 is 3.00 bits per heavy atom. The minimum Gasteiger partial charge on any atom is -0.230 e. The van der Waals surface area contributed by atoms with Crippen molar-refractivity contribution in [2.75, 3.05) is 5.75 Å². The van der Waals surface area contributed by atoms with E-state index >= 15 is 0 Å². The second-order valence-corrected chi connectivity index (χ2v) is 6.53. The molecule has 0 aliphatic heterocycles. The summed E-state index contributed by atoms with van der Waals surface area (Å²) in [7, 11) is 0. The lowest BCUT2D eigenvalue weighted by atomic mass is 10.3. The van der Waals surface area contributed by atoms with Crippen LogP contribution in [0.2, 0.25) is 5.02 Å². The first-order valence-corrected chi connectivity index (χ1v) is 7.02. The van der Waals surface area contributed by atoms with Crippen LogP contribution in [-0.4, -0.2) is 10.7 Å². The van der Waals surface area contributed by atoms with E-state index in [0.29, 0.717) is 5.92 Å². The van der Waals surface area contributed by atoms with Crippen LogP contribution in [0.4, 0.5) is 0 Å². The summed E-state index contributed by atoms with van der Waals surface area (Å²) < 4.78 is 2.35. The number of fused-ring (bicyclic) bond motifs is 1. The fourth-order valence-corrected chi connectivity index (χ4v) is 3.37. The molecule has 80 valence electrons. The Morgan fingerprint density at radius 2 is 2.27 bits per heavy atom. The third-order valence-corrected chi connectivity index (χ3v) is 4.71. The van der Waals surface area contributed by atoms with Crippen LogP contribution in [0.25, 0.3) is 10.2 Å². The number of rotatable bonds is 3. The molecule has 0 unspecified atom stereocenters. The van der Waals surface area contributed by atoms with Crippen molar-refractivity contribution in [1.29, 1.82) is 0 Å². The zero-order valence-corrected chi connectivity index (χ0v) is 11.0. The third-order valence-electron chi connectivity index (χ3n) is 1.87. The van der Waals surface area contributed by atoms with Crippen molar-refractivity contribution in [3.05, 3.63) is 23.2 Å². The van der Waals surface area contributed by atoms with Crippen LogP contribution in [0.5, 0.6) is 0 Å². The van der Waals surface area contributed by atoms with Crippen molar-refractivity contribution in [3.63, 3.8) is 0 Å². The summed E-state index contributed by atoms with van der Waals surface area (Å²) in [6, 6.07) is 5.88. The van der Waals surface area contributed by atoms with Gasteiger partial charge < -0.3 is 0 Å². The number of halogens is 1. The second-order valence-electron chi connectivity index (χ2n) is 3.80. The molecule has 0 radical (unpaired) electrons. The van der Waals surface area contributed by atoms with Crippen LogP contribution in [0, 0.1) is 5.92 Å². The van der Waals surface area contributed by atoms with Crippen molar-refractivity contribution in [1.82, 2.24) is 4.98 Å². The molecule has 0 atom stereocenters. The maximum Gasteiger partial charge on any atom is 0.151 e. The molecule has 0 bridgehead atoms. The van der Waals surface area contributed by atoms with Crippen molar-refractivity contribution in [2.45, 2.75) is 18.2 Å². The normalized spacial score (nSPS) is 11.5. The van der Waals surface area contributed by atoms with Crippen molar-refractivity contribution in [3.8, 4) is 0 Å². The van der Waals surface area contributed by atoms with Gasteiger partial charge in [0.05, 0.1) is 10.2 Å². The fourth-order valence-electron chi connectivity index (χ4n) is 1.18. The summed E-state index contributed by atoms with van der Waals surface area (Å²) in [5, 5.41) is 0.758. The molecule has 1 heterocycles. The molecular formula is C11H12ClNS2. The van der Waals surface area contributed by atoms with Crippen molar-refractivity contribution >= 4 is 44.9 Å². The van der Waals surface area contributed by atoms with E-state index in [0.717, 1.165) is 20.6 Å². The monoisotopic (exact) mass is 257 g/mol. The molecule has 1 aromatic carbocycles. The lowest BCUT2D eigenvalue weighted by Crippen LogP contribution is -1.89. The molecule has 2 aromatic rings. The average Bonchev–Trinajstić information content (AvgIpc) is 2.56. The molecule has 0 amide bonds. The molecule has 2 rings (SSSR count). The van der Waals surface area contributed by atoms with E-state index in [4.69, 9.17) is 11.6 Å². The van der Waals surface area contributed by atoms with Crippen molar-refractivity contribution in [2.24, 2.45) is 5.92 Å². The van der Waals surface area contributed by atoms with Crippen molar-refractivity contribution < 1.29 is 0 Å². The number of thiazole rings is 1. The molecule has 0 saturated carbocycles. The highest BCUT2D eigenvalue weighted by molar-refractivity contribution is 8.01. The number of aromatic nitrogens is 1. The summed E-state index contributed by atoms with van der Waals surface area (Å²) in [5.74, 6) is 1.82. The Hall–Kier alpha value is -0.250. The van der Waals surface area contributed by atoms with Gasteiger partial charge in [-0.15, -0.1) is 11.3 Å². The number of benzene rings is 1. The number of thioether (sulfide) groups is 1. The van der Waals surface area contributed by atoms with Crippen LogP contribution < -0.4 is 0 Å². The molecular weight excluding hydrogens is 246 g/mol. The van der Waals surface area contributed by atoms with Crippen LogP contribution in [0.3, 0.4) is 0 Å². The molecule has 0 spiro atoms. The highest BCUT2D eigenvalue weighted by atomic mass is 35.5. The van der Waals surface area contributed by atoms with Crippen LogP contribution in [0.15, 0.2) is 22.5 Å². The van der Waals surface area contributed by atoms with E-state index in [-0.39, 0.29) is 0 Å². The highest BCUT2D eigenvalue weighted by Crippen LogP contribution is 2.31. The van der Waals surface area contributed by atoms with Gasteiger partial charge in [-0.1, -0.05) is 37.2 Å². The standard InChI is InChI=1S/C11H12ClNS2/c1-7(2)6-14-11-13-9-5-8(12)3-4-10(9)15-11/h3-5,7H,6H2,1-2H3. The molecule has 15 heavy (non-hydrogen) atoms. The summed E-state index contributed by atoms with van der Waals surface area (Å²) >= 11 is 9.48. The maximum absolute atomic E-state index is 5.91. The van der Waals surface area contributed by atoms with Crippen LogP contribution >= 0.6 is 34.7 Å². The molecule has 1 aromatic heterocycles. The SMILES string of the molecule is CC(C)CSc1nc2cc(Cl)ccc2s1. The van der Waals surface area contributed by atoms with Gasteiger partial charge in [0.25, 0.3) is 0 Å². The van der Waals surface area contributed by atoms with Gasteiger partial charge in [0.15, 0.2) is 4.34 Å². The number of hydrogen-bond acceptors (Lipinski definition) is 3. The first kappa shape index (κ1) is 11.2. The van der Waals surface area contributed by atoms with E-state index in [1.807, 2.05) is 30.0 Å². The van der Waals surface area contributed by atoms with Gasteiger partial charge in [-0.25, -0.2) is 4.98 Å². The zero-order chi connectivity index (χ0) is 10.8. The van der Waals surface area contributed by atoms with Gasteiger partial charge >= 0.3 is 0 Å². The van der Waals surface area contributed by atoms with Gasteiger partial charge in [0.2, 0.25) is 0 Å². The fraction of sp³-hybridized carbons (Fsp3) is 0.364. The Balaban J connectivity index is 2.23. The van der Waals surface area contributed by atoms with Gasteiger partial charge in [-0.05, 0) is 24.1 Å². The lowest BCUT2D eigenvalue weighted by Gasteiger charge is -1.99.